The van der Waals surface area contributed by atoms with Gasteiger partial charge in [-0.2, -0.15) is 0 Å². The fourth-order valence-corrected chi connectivity index (χ4v) is 1.92. The van der Waals surface area contributed by atoms with E-state index in [0.29, 0.717) is 18.0 Å². The van der Waals surface area contributed by atoms with Crippen LogP contribution in [0.1, 0.15) is 51.9 Å². The lowest BCUT2D eigenvalue weighted by Crippen LogP contribution is -2.11. The van der Waals surface area contributed by atoms with Crippen LogP contribution in [0.15, 0.2) is 24.3 Å². The van der Waals surface area contributed by atoms with Crippen molar-refractivity contribution >= 4 is 11.8 Å². The number of nitrogens with two attached hydrogens (primary N) is 1. The van der Waals surface area contributed by atoms with Gasteiger partial charge in [-0.1, -0.05) is 51.5 Å². The Labute approximate surface area is 121 Å². The third-order valence-corrected chi connectivity index (χ3v) is 3.03. The Morgan fingerprint density at radius 2 is 1.80 bits per heavy atom. The SMILES string of the molecule is CCCCCCCCCOC(=O)Oc1cccc(N)c1. The highest BCUT2D eigenvalue weighted by molar-refractivity contribution is 5.64. The van der Waals surface area contributed by atoms with Gasteiger partial charge in [-0.3, -0.25) is 0 Å². The van der Waals surface area contributed by atoms with E-state index in [1.807, 2.05) is 0 Å². The first-order valence-electron chi connectivity index (χ1n) is 7.42. The van der Waals surface area contributed by atoms with Crippen molar-refractivity contribution in [3.8, 4) is 5.75 Å². The van der Waals surface area contributed by atoms with E-state index < -0.39 is 6.16 Å². The number of ether oxygens (including phenoxy) is 2. The van der Waals surface area contributed by atoms with Gasteiger partial charge >= 0.3 is 6.16 Å². The van der Waals surface area contributed by atoms with Gasteiger partial charge in [-0.25, -0.2) is 4.79 Å². The molecule has 0 saturated carbocycles. The molecule has 0 fully saturated rings. The lowest BCUT2D eigenvalue weighted by atomic mass is 10.1. The molecule has 0 saturated heterocycles. The fraction of sp³-hybridized carbons (Fsp3) is 0.562. The summed E-state index contributed by atoms with van der Waals surface area (Å²) in [5, 5.41) is 0. The van der Waals surface area contributed by atoms with Crippen molar-refractivity contribution in [3.63, 3.8) is 0 Å². The van der Waals surface area contributed by atoms with Crippen LogP contribution in [0, 0.1) is 0 Å². The van der Waals surface area contributed by atoms with Gasteiger partial charge in [-0.05, 0) is 18.6 Å². The van der Waals surface area contributed by atoms with E-state index in [0.717, 1.165) is 12.8 Å². The Balaban J connectivity index is 2.03. The van der Waals surface area contributed by atoms with Crippen molar-refractivity contribution in [2.75, 3.05) is 12.3 Å². The zero-order chi connectivity index (χ0) is 14.6. The molecule has 2 N–H and O–H groups in total. The number of benzene rings is 1. The van der Waals surface area contributed by atoms with Crippen LogP contribution in [-0.4, -0.2) is 12.8 Å². The summed E-state index contributed by atoms with van der Waals surface area (Å²) in [6, 6.07) is 6.73. The summed E-state index contributed by atoms with van der Waals surface area (Å²) >= 11 is 0. The molecule has 1 rings (SSSR count). The molecule has 20 heavy (non-hydrogen) atoms. The summed E-state index contributed by atoms with van der Waals surface area (Å²) in [5.74, 6) is 0.412. The van der Waals surface area contributed by atoms with Gasteiger partial charge < -0.3 is 15.2 Å². The molecule has 0 aliphatic carbocycles. The normalized spacial score (nSPS) is 10.2. The molecule has 0 amide bonds. The summed E-state index contributed by atoms with van der Waals surface area (Å²) in [7, 11) is 0. The predicted octanol–water partition coefficient (Wildman–Crippen LogP) is 4.53. The second-order valence-corrected chi connectivity index (χ2v) is 4.89. The standard InChI is InChI=1S/C16H25NO3/c1-2-3-4-5-6-7-8-12-19-16(18)20-15-11-9-10-14(17)13-15/h9-11,13H,2-8,12,17H2,1H3. The molecule has 0 aliphatic heterocycles. The van der Waals surface area contributed by atoms with Crippen LogP contribution < -0.4 is 10.5 Å². The highest BCUT2D eigenvalue weighted by Gasteiger charge is 2.05. The first-order chi connectivity index (χ1) is 9.72. The molecule has 4 heteroatoms. The molecule has 0 bridgehead atoms. The second-order valence-electron chi connectivity index (χ2n) is 4.89. The third kappa shape index (κ3) is 7.67. The van der Waals surface area contributed by atoms with Crippen LogP contribution in [0.5, 0.6) is 5.75 Å². The highest BCUT2D eigenvalue weighted by Crippen LogP contribution is 2.15. The molecule has 0 radical (unpaired) electrons. The molecule has 112 valence electrons. The molecule has 0 aliphatic rings. The van der Waals surface area contributed by atoms with Crippen LogP contribution in [0.4, 0.5) is 10.5 Å². The Hall–Kier alpha value is -1.71. The average molecular weight is 279 g/mol. The fourth-order valence-electron chi connectivity index (χ4n) is 1.92. The van der Waals surface area contributed by atoms with Gasteiger partial charge in [0.05, 0.1) is 6.61 Å². The van der Waals surface area contributed by atoms with Crippen LogP contribution in [-0.2, 0) is 4.74 Å². The number of hydrogen-bond donors (Lipinski definition) is 1. The molecule has 0 spiro atoms. The summed E-state index contributed by atoms with van der Waals surface area (Å²) in [6.45, 7) is 2.62. The van der Waals surface area contributed by atoms with Gasteiger partial charge in [0.25, 0.3) is 0 Å². The van der Waals surface area contributed by atoms with Gasteiger partial charge in [0.2, 0.25) is 0 Å². The van der Waals surface area contributed by atoms with Crippen LogP contribution in [0.25, 0.3) is 0 Å². The van der Waals surface area contributed by atoms with Gasteiger partial charge in [0.15, 0.2) is 0 Å². The maximum atomic E-state index is 11.4. The number of unbranched alkanes of at least 4 members (excludes halogenated alkanes) is 6. The molecule has 0 atom stereocenters. The van der Waals surface area contributed by atoms with Gasteiger partial charge in [0.1, 0.15) is 5.75 Å². The van der Waals surface area contributed by atoms with Crippen molar-refractivity contribution in [1.82, 2.24) is 0 Å². The lowest BCUT2D eigenvalue weighted by molar-refractivity contribution is 0.0973. The van der Waals surface area contributed by atoms with Crippen molar-refractivity contribution in [1.29, 1.82) is 0 Å². The number of rotatable bonds is 9. The minimum absolute atomic E-state index is 0.412. The third-order valence-electron chi connectivity index (χ3n) is 3.03. The van der Waals surface area contributed by atoms with E-state index >= 15 is 0 Å². The van der Waals surface area contributed by atoms with E-state index in [1.54, 1.807) is 24.3 Å². The quantitative estimate of drug-likeness (QED) is 0.312. The largest absolute Gasteiger partial charge is 0.513 e. The summed E-state index contributed by atoms with van der Waals surface area (Å²) in [5.41, 5.74) is 6.15. The molecule has 0 aromatic heterocycles. The Kier molecular flexibility index (Phi) is 8.27. The summed E-state index contributed by atoms with van der Waals surface area (Å²) in [4.78, 5) is 11.4. The zero-order valence-corrected chi connectivity index (χ0v) is 12.3. The van der Waals surface area contributed by atoms with Gasteiger partial charge in [-0.15, -0.1) is 0 Å². The first-order valence-corrected chi connectivity index (χ1v) is 7.42. The van der Waals surface area contributed by atoms with E-state index in [9.17, 15) is 4.79 Å². The van der Waals surface area contributed by atoms with Crippen LogP contribution >= 0.6 is 0 Å². The van der Waals surface area contributed by atoms with E-state index in [-0.39, 0.29) is 0 Å². The number of anilines is 1. The van der Waals surface area contributed by atoms with Gasteiger partial charge in [0, 0.05) is 11.8 Å². The van der Waals surface area contributed by atoms with Crippen LogP contribution in [0.3, 0.4) is 0 Å². The minimum Gasteiger partial charge on any atom is -0.434 e. The number of carbonyl (C=O) groups excluding carboxylic acids is 1. The first kappa shape index (κ1) is 16.3. The number of hydrogen-bond acceptors (Lipinski definition) is 4. The van der Waals surface area contributed by atoms with Crippen molar-refractivity contribution in [2.45, 2.75) is 51.9 Å². The lowest BCUT2D eigenvalue weighted by Gasteiger charge is -2.06. The maximum absolute atomic E-state index is 11.4. The predicted molar refractivity (Wildman–Crippen MR) is 80.8 cm³/mol. The highest BCUT2D eigenvalue weighted by atomic mass is 16.7. The van der Waals surface area contributed by atoms with E-state index in [4.69, 9.17) is 15.2 Å². The molecule has 0 unspecified atom stereocenters. The van der Waals surface area contributed by atoms with Crippen LogP contribution in [0.2, 0.25) is 0 Å². The summed E-state index contributed by atoms with van der Waals surface area (Å²) in [6.07, 6.45) is 7.65. The molecular weight excluding hydrogens is 254 g/mol. The van der Waals surface area contributed by atoms with E-state index in [1.165, 1.54) is 32.1 Å². The second kappa shape index (κ2) is 10.1. The monoisotopic (exact) mass is 279 g/mol. The molecule has 1 aromatic carbocycles. The topological polar surface area (TPSA) is 61.5 Å². The molecule has 0 heterocycles. The Bertz CT molecular complexity index is 393. The Morgan fingerprint density at radius 3 is 2.50 bits per heavy atom. The Morgan fingerprint density at radius 1 is 1.10 bits per heavy atom. The number of nitrogen functional groups attached to an aromatic ring is 1. The zero-order valence-electron chi connectivity index (χ0n) is 12.3. The maximum Gasteiger partial charge on any atom is 0.513 e. The van der Waals surface area contributed by atoms with Crippen molar-refractivity contribution in [3.05, 3.63) is 24.3 Å². The number of carbonyl (C=O) groups is 1. The molecule has 1 aromatic rings. The van der Waals surface area contributed by atoms with Crippen molar-refractivity contribution in [2.24, 2.45) is 0 Å². The van der Waals surface area contributed by atoms with Crippen molar-refractivity contribution < 1.29 is 14.3 Å². The molecular formula is C16H25NO3. The smallest absolute Gasteiger partial charge is 0.434 e. The average Bonchev–Trinajstić information content (AvgIpc) is 2.42. The van der Waals surface area contributed by atoms with E-state index in [2.05, 4.69) is 6.92 Å². The minimum atomic E-state index is -0.665. The summed E-state index contributed by atoms with van der Waals surface area (Å²) < 4.78 is 10.0. The molecule has 4 nitrogen and oxygen atoms in total.